The van der Waals surface area contributed by atoms with Gasteiger partial charge in [0.15, 0.2) is 0 Å². The summed E-state index contributed by atoms with van der Waals surface area (Å²) in [5.41, 5.74) is 1.79. The summed E-state index contributed by atoms with van der Waals surface area (Å²) in [6.07, 6.45) is 0.392. The van der Waals surface area contributed by atoms with Crippen LogP contribution in [0.25, 0.3) is 0 Å². The van der Waals surface area contributed by atoms with Crippen LogP contribution in [0, 0.1) is 0 Å². The van der Waals surface area contributed by atoms with E-state index in [0.717, 1.165) is 24.3 Å². The van der Waals surface area contributed by atoms with E-state index < -0.39 is 6.10 Å². The van der Waals surface area contributed by atoms with E-state index in [9.17, 15) is 5.11 Å². The maximum atomic E-state index is 10.6. The van der Waals surface area contributed by atoms with Crippen molar-refractivity contribution in [1.29, 1.82) is 0 Å². The second kappa shape index (κ2) is 4.31. The Morgan fingerprint density at radius 2 is 2.06 bits per heavy atom. The molecule has 0 aromatic heterocycles. The molecular weight excluding hydrogens is 214 g/mol. The Morgan fingerprint density at radius 1 is 1.35 bits per heavy atom. The van der Waals surface area contributed by atoms with Gasteiger partial charge in [-0.05, 0) is 33.5 Å². The third kappa shape index (κ3) is 2.05. The molecule has 1 heterocycles. The summed E-state index contributed by atoms with van der Waals surface area (Å²) >= 11 is 0. The maximum absolute atomic E-state index is 10.6. The van der Waals surface area contributed by atoms with Gasteiger partial charge in [0.25, 0.3) is 0 Å². The van der Waals surface area contributed by atoms with E-state index in [0.29, 0.717) is 0 Å². The van der Waals surface area contributed by atoms with Gasteiger partial charge in [0, 0.05) is 17.5 Å². The molecule has 1 aromatic carbocycles. The topological polar surface area (TPSA) is 32.7 Å². The molecule has 0 aliphatic carbocycles. The van der Waals surface area contributed by atoms with Gasteiger partial charge in [0.1, 0.15) is 11.9 Å². The van der Waals surface area contributed by atoms with Crippen LogP contribution < -0.4 is 4.74 Å². The fraction of sp³-hybridized carbons (Fsp3) is 0.571. The predicted molar refractivity (Wildman–Crippen MR) is 68.4 cm³/mol. The molecule has 2 rings (SSSR count). The van der Waals surface area contributed by atoms with Crippen LogP contribution in [0.4, 0.5) is 0 Å². The summed E-state index contributed by atoms with van der Waals surface area (Å²) < 4.78 is 5.65. The number of para-hydroxylation sites is 1. The van der Waals surface area contributed by atoms with E-state index in [2.05, 4.69) is 6.07 Å². The number of ether oxygens (including phenoxy) is 1. The Bertz CT molecular complexity index is 413. The van der Waals surface area contributed by atoms with Gasteiger partial charge in [0.05, 0.1) is 6.61 Å². The van der Waals surface area contributed by atoms with Gasteiger partial charge in [-0.15, -0.1) is 0 Å². The zero-order valence-corrected chi connectivity index (χ0v) is 11.0. The predicted octanol–water partition coefficient (Wildman–Crippen LogP) is 2.00. The number of hydrogen-bond acceptors (Lipinski definition) is 3. The van der Waals surface area contributed by atoms with E-state index >= 15 is 0 Å². The van der Waals surface area contributed by atoms with E-state index in [1.54, 1.807) is 0 Å². The highest BCUT2D eigenvalue weighted by Crippen LogP contribution is 2.38. The van der Waals surface area contributed by atoms with Crippen molar-refractivity contribution < 1.29 is 9.84 Å². The number of nitrogens with zero attached hydrogens (tertiary/aromatic N) is 1. The Hall–Kier alpha value is -1.06. The van der Waals surface area contributed by atoms with Crippen LogP contribution in [-0.4, -0.2) is 36.2 Å². The van der Waals surface area contributed by atoms with Crippen molar-refractivity contribution in [3.05, 3.63) is 29.3 Å². The fourth-order valence-electron chi connectivity index (χ4n) is 2.08. The van der Waals surface area contributed by atoms with Gasteiger partial charge in [0.2, 0.25) is 0 Å². The second-order valence-electron chi connectivity index (χ2n) is 5.38. The molecule has 1 N–H and O–H groups in total. The van der Waals surface area contributed by atoms with Crippen LogP contribution in [0.5, 0.6) is 5.75 Å². The molecule has 0 saturated heterocycles. The van der Waals surface area contributed by atoms with E-state index in [-0.39, 0.29) is 5.54 Å². The van der Waals surface area contributed by atoms with Crippen molar-refractivity contribution in [1.82, 2.24) is 4.90 Å². The van der Waals surface area contributed by atoms with Gasteiger partial charge >= 0.3 is 0 Å². The van der Waals surface area contributed by atoms with Crippen LogP contribution >= 0.6 is 0 Å². The van der Waals surface area contributed by atoms with Gasteiger partial charge in [-0.25, -0.2) is 0 Å². The number of likely N-dealkylation sites (N-methyl/N-ethyl adjacent to an activating group) is 1. The average Bonchev–Trinajstić information content (AvgIpc) is 2.75. The lowest BCUT2D eigenvalue weighted by atomic mass is 9.89. The van der Waals surface area contributed by atoms with Crippen molar-refractivity contribution in [2.24, 2.45) is 0 Å². The third-order valence-corrected chi connectivity index (χ3v) is 3.86. The smallest absolute Gasteiger partial charge is 0.128 e. The largest absolute Gasteiger partial charge is 0.493 e. The molecule has 0 bridgehead atoms. The molecule has 0 fully saturated rings. The summed E-state index contributed by atoms with van der Waals surface area (Å²) in [6, 6.07) is 6.03. The lowest BCUT2D eigenvalue weighted by Gasteiger charge is -2.37. The number of benzene rings is 1. The van der Waals surface area contributed by atoms with Crippen molar-refractivity contribution in [2.45, 2.75) is 31.9 Å². The number of fused-ring (bicyclic) bond motifs is 1. The first-order valence-electron chi connectivity index (χ1n) is 6.04. The molecule has 1 aromatic rings. The highest BCUT2D eigenvalue weighted by atomic mass is 16.5. The molecule has 94 valence electrons. The summed E-state index contributed by atoms with van der Waals surface area (Å²) in [5.74, 6) is 0.884. The van der Waals surface area contributed by atoms with Gasteiger partial charge < -0.3 is 14.7 Å². The molecule has 0 spiro atoms. The first-order valence-corrected chi connectivity index (χ1v) is 6.04. The molecule has 3 heteroatoms. The normalized spacial score (nSPS) is 16.8. The van der Waals surface area contributed by atoms with E-state index in [1.807, 2.05) is 45.0 Å². The molecular formula is C14H21NO2. The van der Waals surface area contributed by atoms with E-state index in [1.165, 1.54) is 5.56 Å². The maximum Gasteiger partial charge on any atom is 0.128 e. The minimum absolute atomic E-state index is 0.318. The van der Waals surface area contributed by atoms with Crippen molar-refractivity contribution in [3.63, 3.8) is 0 Å². The van der Waals surface area contributed by atoms with Crippen molar-refractivity contribution >= 4 is 0 Å². The highest BCUT2D eigenvalue weighted by Gasteiger charge is 2.34. The summed E-state index contributed by atoms with van der Waals surface area (Å²) in [7, 11) is 3.96. The third-order valence-electron chi connectivity index (χ3n) is 3.86. The van der Waals surface area contributed by atoms with Gasteiger partial charge in [-0.1, -0.05) is 18.2 Å². The zero-order valence-electron chi connectivity index (χ0n) is 11.0. The SMILES string of the molecule is CN(C)C(C)(C)C(O)c1cccc2c1OCC2. The van der Waals surface area contributed by atoms with Crippen LogP contribution in [-0.2, 0) is 6.42 Å². The standard InChI is InChI=1S/C14H21NO2/c1-14(2,15(3)4)13(16)11-7-5-6-10-8-9-17-12(10)11/h5-7,13,16H,8-9H2,1-4H3. The summed E-state index contributed by atoms with van der Waals surface area (Å²) in [5, 5.41) is 10.6. The molecule has 0 radical (unpaired) electrons. The monoisotopic (exact) mass is 235 g/mol. The molecule has 1 aliphatic rings. The molecule has 3 nitrogen and oxygen atoms in total. The van der Waals surface area contributed by atoms with Crippen LogP contribution in [0.1, 0.15) is 31.1 Å². The lowest BCUT2D eigenvalue weighted by molar-refractivity contribution is 0.0149. The number of aliphatic hydroxyl groups is 1. The zero-order chi connectivity index (χ0) is 12.6. The number of hydrogen-bond donors (Lipinski definition) is 1. The van der Waals surface area contributed by atoms with Crippen LogP contribution in [0.15, 0.2) is 18.2 Å². The average molecular weight is 235 g/mol. The van der Waals surface area contributed by atoms with Gasteiger partial charge in [-0.2, -0.15) is 0 Å². The molecule has 17 heavy (non-hydrogen) atoms. The molecule has 0 amide bonds. The Kier molecular flexibility index (Phi) is 3.15. The van der Waals surface area contributed by atoms with Gasteiger partial charge in [-0.3, -0.25) is 0 Å². The molecule has 1 unspecified atom stereocenters. The summed E-state index contributed by atoms with van der Waals surface area (Å²) in [6.45, 7) is 4.79. The molecule has 1 aliphatic heterocycles. The first kappa shape index (κ1) is 12.4. The number of aliphatic hydroxyl groups excluding tert-OH is 1. The van der Waals surface area contributed by atoms with Crippen molar-refractivity contribution in [3.8, 4) is 5.75 Å². The molecule has 0 saturated carbocycles. The number of rotatable bonds is 3. The lowest BCUT2D eigenvalue weighted by Crippen LogP contribution is -2.43. The summed E-state index contributed by atoms with van der Waals surface area (Å²) in [4.78, 5) is 2.03. The minimum atomic E-state index is -0.550. The first-order chi connectivity index (χ1) is 7.94. The molecule has 1 atom stereocenters. The second-order valence-corrected chi connectivity index (χ2v) is 5.38. The highest BCUT2D eigenvalue weighted by molar-refractivity contribution is 5.46. The quantitative estimate of drug-likeness (QED) is 0.869. The Morgan fingerprint density at radius 3 is 2.71 bits per heavy atom. The van der Waals surface area contributed by atoms with E-state index in [4.69, 9.17) is 4.74 Å². The van der Waals surface area contributed by atoms with Crippen LogP contribution in [0.2, 0.25) is 0 Å². The fourth-order valence-corrected chi connectivity index (χ4v) is 2.08. The van der Waals surface area contributed by atoms with Crippen LogP contribution in [0.3, 0.4) is 0 Å². The Labute approximate surface area is 103 Å². The Balaban J connectivity index is 2.38. The minimum Gasteiger partial charge on any atom is -0.493 e. The van der Waals surface area contributed by atoms with Crippen molar-refractivity contribution in [2.75, 3.05) is 20.7 Å².